The number of alkyl halides is 3. The van der Waals surface area contributed by atoms with Gasteiger partial charge in [-0.2, -0.15) is 13.2 Å². The van der Waals surface area contributed by atoms with Crippen LogP contribution in [0.15, 0.2) is 10.7 Å². The minimum atomic E-state index is -4.47. The Hall–Kier alpha value is -0.820. The van der Waals surface area contributed by atoms with Crippen LogP contribution in [0.1, 0.15) is 11.3 Å². The highest BCUT2D eigenvalue weighted by atomic mass is 79.9. The van der Waals surface area contributed by atoms with Crippen LogP contribution in [-0.2, 0) is 17.5 Å². The zero-order valence-electron chi connectivity index (χ0n) is 7.73. The lowest BCUT2D eigenvalue weighted by atomic mass is 10.2. The van der Waals surface area contributed by atoms with Crippen molar-refractivity contribution in [3.05, 3.63) is 21.9 Å². The van der Waals surface area contributed by atoms with Gasteiger partial charge >= 0.3 is 6.18 Å². The van der Waals surface area contributed by atoms with Crippen LogP contribution in [0.3, 0.4) is 0 Å². The van der Waals surface area contributed by atoms with Gasteiger partial charge < -0.3 is 10.5 Å². The highest BCUT2D eigenvalue weighted by molar-refractivity contribution is 9.10. The minimum Gasteiger partial charge on any atom is -0.397 e. The Balaban J connectivity index is 3.20. The molecule has 0 aromatic carbocycles. The third-order valence-corrected chi connectivity index (χ3v) is 2.28. The SMILES string of the molecule is COCc1nc(Br)c(C(F)(F)F)cc1N. The Morgan fingerprint density at radius 2 is 2.13 bits per heavy atom. The predicted octanol–water partition coefficient (Wildman–Crippen LogP) is 2.59. The molecule has 1 rings (SSSR count). The molecular formula is C8H8BrF3N2O. The van der Waals surface area contributed by atoms with Crippen molar-refractivity contribution in [2.24, 2.45) is 0 Å². The quantitative estimate of drug-likeness (QED) is 0.850. The molecule has 0 spiro atoms. The lowest BCUT2D eigenvalue weighted by Gasteiger charge is -2.11. The van der Waals surface area contributed by atoms with Gasteiger partial charge in [0.1, 0.15) is 4.60 Å². The molecule has 1 aromatic heterocycles. The summed E-state index contributed by atoms with van der Waals surface area (Å²) >= 11 is 2.74. The van der Waals surface area contributed by atoms with E-state index in [9.17, 15) is 13.2 Å². The number of pyridine rings is 1. The third-order valence-electron chi connectivity index (χ3n) is 1.67. The van der Waals surface area contributed by atoms with Crippen LogP contribution in [-0.4, -0.2) is 12.1 Å². The Morgan fingerprint density at radius 1 is 1.53 bits per heavy atom. The maximum absolute atomic E-state index is 12.4. The van der Waals surface area contributed by atoms with E-state index in [1.165, 1.54) is 7.11 Å². The van der Waals surface area contributed by atoms with E-state index in [0.29, 0.717) is 0 Å². The number of nitrogens with zero attached hydrogens (tertiary/aromatic N) is 1. The third kappa shape index (κ3) is 2.82. The van der Waals surface area contributed by atoms with Gasteiger partial charge in [0.25, 0.3) is 0 Å². The molecule has 0 bridgehead atoms. The first-order valence-electron chi connectivity index (χ1n) is 3.87. The Morgan fingerprint density at radius 3 is 2.60 bits per heavy atom. The van der Waals surface area contributed by atoms with Gasteiger partial charge in [0, 0.05) is 7.11 Å². The molecule has 0 fully saturated rings. The minimum absolute atomic E-state index is 0.0348. The van der Waals surface area contributed by atoms with Gasteiger partial charge in [-0.05, 0) is 22.0 Å². The average Bonchev–Trinajstić information content (AvgIpc) is 2.09. The van der Waals surface area contributed by atoms with Crippen molar-refractivity contribution in [3.63, 3.8) is 0 Å². The number of anilines is 1. The molecule has 0 unspecified atom stereocenters. The van der Waals surface area contributed by atoms with Crippen molar-refractivity contribution in [3.8, 4) is 0 Å². The van der Waals surface area contributed by atoms with Crippen molar-refractivity contribution in [2.45, 2.75) is 12.8 Å². The molecule has 0 saturated heterocycles. The molecule has 0 aliphatic rings. The van der Waals surface area contributed by atoms with E-state index in [0.717, 1.165) is 6.07 Å². The van der Waals surface area contributed by atoms with Crippen LogP contribution in [0.25, 0.3) is 0 Å². The van der Waals surface area contributed by atoms with Gasteiger partial charge in [0.05, 0.1) is 23.6 Å². The van der Waals surface area contributed by atoms with Gasteiger partial charge in [-0.1, -0.05) is 0 Å². The number of methoxy groups -OCH3 is 1. The van der Waals surface area contributed by atoms with Gasteiger partial charge in [0.2, 0.25) is 0 Å². The molecule has 15 heavy (non-hydrogen) atoms. The largest absolute Gasteiger partial charge is 0.419 e. The second-order valence-electron chi connectivity index (χ2n) is 2.79. The fourth-order valence-electron chi connectivity index (χ4n) is 0.993. The summed E-state index contributed by atoms with van der Waals surface area (Å²) in [6.45, 7) is 0.0720. The summed E-state index contributed by atoms with van der Waals surface area (Å²) in [6.07, 6.45) is -4.47. The van der Waals surface area contributed by atoms with Crippen LogP contribution in [0.4, 0.5) is 18.9 Å². The predicted molar refractivity (Wildman–Crippen MR) is 52.1 cm³/mol. The zero-order valence-corrected chi connectivity index (χ0v) is 9.32. The van der Waals surface area contributed by atoms with Crippen molar-refractivity contribution >= 4 is 21.6 Å². The fraction of sp³-hybridized carbons (Fsp3) is 0.375. The molecule has 7 heteroatoms. The number of aromatic nitrogens is 1. The number of halogens is 4. The molecular weight excluding hydrogens is 277 g/mol. The van der Waals surface area contributed by atoms with Crippen molar-refractivity contribution in [1.82, 2.24) is 4.98 Å². The first kappa shape index (κ1) is 12.3. The van der Waals surface area contributed by atoms with Crippen molar-refractivity contribution in [2.75, 3.05) is 12.8 Å². The van der Waals surface area contributed by atoms with Crippen LogP contribution < -0.4 is 5.73 Å². The smallest absolute Gasteiger partial charge is 0.397 e. The number of hydrogen-bond donors (Lipinski definition) is 1. The second kappa shape index (κ2) is 4.36. The highest BCUT2D eigenvalue weighted by Crippen LogP contribution is 2.35. The van der Waals surface area contributed by atoms with Crippen LogP contribution in [0.5, 0.6) is 0 Å². The van der Waals surface area contributed by atoms with Crippen LogP contribution in [0.2, 0.25) is 0 Å². The van der Waals surface area contributed by atoms with E-state index in [1.54, 1.807) is 0 Å². The summed E-state index contributed by atoms with van der Waals surface area (Å²) in [5, 5.41) is 0. The fourth-order valence-corrected chi connectivity index (χ4v) is 1.55. The second-order valence-corrected chi connectivity index (χ2v) is 3.54. The standard InChI is InChI=1S/C8H8BrF3N2O/c1-15-3-6-5(13)2-4(7(9)14-6)8(10,11)12/h2H,3,13H2,1H3. The number of rotatable bonds is 2. The number of nitrogen functional groups attached to an aromatic ring is 1. The lowest BCUT2D eigenvalue weighted by Crippen LogP contribution is -2.10. The maximum atomic E-state index is 12.4. The molecule has 2 N–H and O–H groups in total. The molecule has 1 heterocycles. The van der Waals surface area contributed by atoms with Crippen LogP contribution >= 0.6 is 15.9 Å². The molecule has 0 atom stereocenters. The summed E-state index contributed by atoms with van der Waals surface area (Å²) in [4.78, 5) is 3.68. The van der Waals surface area contributed by atoms with Gasteiger partial charge in [-0.15, -0.1) is 0 Å². The Bertz CT molecular complexity index is 368. The van der Waals surface area contributed by atoms with E-state index < -0.39 is 11.7 Å². The molecule has 0 radical (unpaired) electrons. The zero-order chi connectivity index (χ0) is 11.6. The van der Waals surface area contributed by atoms with Gasteiger partial charge in [-0.25, -0.2) is 4.98 Å². The highest BCUT2D eigenvalue weighted by Gasteiger charge is 2.34. The van der Waals surface area contributed by atoms with Crippen LogP contribution in [0, 0.1) is 0 Å². The van der Waals surface area contributed by atoms with E-state index >= 15 is 0 Å². The molecule has 0 saturated carbocycles. The van der Waals surface area contributed by atoms with Gasteiger partial charge in [-0.3, -0.25) is 0 Å². The average molecular weight is 285 g/mol. The molecule has 84 valence electrons. The van der Waals surface area contributed by atoms with E-state index in [2.05, 4.69) is 20.9 Å². The van der Waals surface area contributed by atoms with E-state index in [-0.39, 0.29) is 22.6 Å². The first-order valence-corrected chi connectivity index (χ1v) is 4.66. The summed E-state index contributed by atoms with van der Waals surface area (Å²) in [5.74, 6) is 0. The molecule has 1 aromatic rings. The lowest BCUT2D eigenvalue weighted by molar-refractivity contribution is -0.138. The molecule has 0 amide bonds. The Labute approximate surface area is 92.6 Å². The van der Waals surface area contributed by atoms with Crippen molar-refractivity contribution in [1.29, 1.82) is 0 Å². The maximum Gasteiger partial charge on any atom is 0.419 e. The topological polar surface area (TPSA) is 48.1 Å². The van der Waals surface area contributed by atoms with E-state index in [4.69, 9.17) is 10.5 Å². The normalized spacial score (nSPS) is 11.8. The first-order chi connectivity index (χ1) is 6.86. The summed E-state index contributed by atoms with van der Waals surface area (Å²) in [6, 6.07) is 0.839. The number of ether oxygens (including phenoxy) is 1. The van der Waals surface area contributed by atoms with Crippen molar-refractivity contribution < 1.29 is 17.9 Å². The molecule has 0 aliphatic heterocycles. The number of nitrogens with two attached hydrogens (primary N) is 1. The summed E-state index contributed by atoms with van der Waals surface area (Å²) < 4.78 is 41.6. The molecule has 3 nitrogen and oxygen atoms in total. The number of hydrogen-bond acceptors (Lipinski definition) is 3. The monoisotopic (exact) mass is 284 g/mol. The summed E-state index contributed by atoms with van der Waals surface area (Å²) in [7, 11) is 1.41. The van der Waals surface area contributed by atoms with E-state index in [1.807, 2.05) is 0 Å². The summed E-state index contributed by atoms with van der Waals surface area (Å²) in [5.41, 5.74) is 4.76. The molecule has 0 aliphatic carbocycles. The Kier molecular flexibility index (Phi) is 3.56. The van der Waals surface area contributed by atoms with Gasteiger partial charge in [0.15, 0.2) is 0 Å².